The van der Waals surface area contributed by atoms with E-state index in [2.05, 4.69) is 26.4 Å². The van der Waals surface area contributed by atoms with Gasteiger partial charge in [-0.15, -0.1) is 0 Å². The number of carbonyl (C=O) groups excluding carboxylic acids is 1. The molecule has 0 atom stereocenters. The van der Waals surface area contributed by atoms with Gasteiger partial charge in [-0.25, -0.2) is 0 Å². The van der Waals surface area contributed by atoms with Gasteiger partial charge in [-0.2, -0.15) is 0 Å². The second kappa shape index (κ2) is 6.56. The number of nitrogens with zero attached hydrogens (tertiary/aromatic N) is 1. The Labute approximate surface area is 120 Å². The summed E-state index contributed by atoms with van der Waals surface area (Å²) in [5.74, 6) is 0.516. The molecule has 0 saturated heterocycles. The minimum Gasteiger partial charge on any atom is -0.482 e. The van der Waals surface area contributed by atoms with E-state index in [0.29, 0.717) is 23.4 Å². The maximum atomic E-state index is 11.2. The zero-order valence-electron chi connectivity index (χ0n) is 10.6. The molecule has 6 heteroatoms. The molecule has 0 bridgehead atoms. The molecule has 1 amide bonds. The third-order valence-electron chi connectivity index (χ3n) is 2.54. The Kier molecular flexibility index (Phi) is 4.79. The summed E-state index contributed by atoms with van der Waals surface area (Å²) in [7, 11) is 0. The summed E-state index contributed by atoms with van der Waals surface area (Å²) in [6, 6.07) is 5.53. The number of fused-ring (bicyclic) bond motifs is 1. The van der Waals surface area contributed by atoms with Gasteiger partial charge in [0.15, 0.2) is 6.61 Å². The molecule has 0 radical (unpaired) electrons. The monoisotopic (exact) mass is 326 g/mol. The van der Waals surface area contributed by atoms with E-state index in [9.17, 15) is 4.79 Å². The van der Waals surface area contributed by atoms with Crippen LogP contribution in [0.15, 0.2) is 23.4 Å². The van der Waals surface area contributed by atoms with Crippen molar-refractivity contribution < 1.29 is 14.4 Å². The first-order valence-corrected chi connectivity index (χ1v) is 7.18. The SMILES string of the molecule is CCCON=C(CBr)c1ccc2c(c1)OCC(=O)N2. The number of halogens is 1. The Hall–Kier alpha value is -1.56. The number of amides is 1. The van der Waals surface area contributed by atoms with Crippen LogP contribution in [0, 0.1) is 0 Å². The van der Waals surface area contributed by atoms with E-state index in [1.807, 2.05) is 19.1 Å². The summed E-state index contributed by atoms with van der Waals surface area (Å²) < 4.78 is 5.37. The van der Waals surface area contributed by atoms with Crippen LogP contribution in [0.25, 0.3) is 0 Å². The fraction of sp³-hybridized carbons (Fsp3) is 0.385. The second-order valence-electron chi connectivity index (χ2n) is 4.05. The van der Waals surface area contributed by atoms with Crippen LogP contribution in [0.2, 0.25) is 0 Å². The molecule has 102 valence electrons. The first-order valence-electron chi connectivity index (χ1n) is 6.06. The van der Waals surface area contributed by atoms with Crippen molar-refractivity contribution in [3.63, 3.8) is 0 Å². The summed E-state index contributed by atoms with van der Waals surface area (Å²) in [5, 5.41) is 7.43. The van der Waals surface area contributed by atoms with E-state index in [-0.39, 0.29) is 12.5 Å². The third kappa shape index (κ3) is 3.47. The van der Waals surface area contributed by atoms with Crippen LogP contribution >= 0.6 is 15.9 Å². The van der Waals surface area contributed by atoms with Crippen LogP contribution < -0.4 is 10.1 Å². The van der Waals surface area contributed by atoms with Crippen LogP contribution in [-0.2, 0) is 9.63 Å². The van der Waals surface area contributed by atoms with Crippen LogP contribution in [0.5, 0.6) is 5.75 Å². The predicted molar refractivity (Wildman–Crippen MR) is 77.1 cm³/mol. The Morgan fingerprint density at radius 2 is 2.42 bits per heavy atom. The lowest BCUT2D eigenvalue weighted by molar-refractivity contribution is -0.118. The second-order valence-corrected chi connectivity index (χ2v) is 4.61. The van der Waals surface area contributed by atoms with Crippen LogP contribution in [0.1, 0.15) is 18.9 Å². The molecule has 0 fully saturated rings. The maximum Gasteiger partial charge on any atom is 0.262 e. The molecule has 1 aromatic carbocycles. The molecule has 5 nitrogen and oxygen atoms in total. The number of hydrogen-bond donors (Lipinski definition) is 1. The molecule has 0 aliphatic carbocycles. The van der Waals surface area contributed by atoms with Gasteiger partial charge in [-0.1, -0.05) is 34.1 Å². The van der Waals surface area contributed by atoms with Gasteiger partial charge >= 0.3 is 0 Å². The van der Waals surface area contributed by atoms with Crippen molar-refractivity contribution in [3.8, 4) is 5.75 Å². The molecule has 1 aliphatic heterocycles. The van der Waals surface area contributed by atoms with Crippen LogP contribution in [0.4, 0.5) is 5.69 Å². The average molecular weight is 327 g/mol. The predicted octanol–water partition coefficient (Wildman–Crippen LogP) is 2.54. The van der Waals surface area contributed by atoms with E-state index in [0.717, 1.165) is 17.7 Å². The maximum absolute atomic E-state index is 11.2. The number of hydrogen-bond acceptors (Lipinski definition) is 4. The molecule has 2 rings (SSSR count). The first-order chi connectivity index (χ1) is 9.24. The van der Waals surface area contributed by atoms with Gasteiger partial charge in [0.05, 0.1) is 11.4 Å². The molecule has 0 aromatic heterocycles. The zero-order chi connectivity index (χ0) is 13.7. The molecule has 0 spiro atoms. The van der Waals surface area contributed by atoms with Crippen molar-refractivity contribution in [2.45, 2.75) is 13.3 Å². The highest BCUT2D eigenvalue weighted by molar-refractivity contribution is 9.09. The van der Waals surface area contributed by atoms with Gasteiger partial charge in [0, 0.05) is 10.9 Å². The van der Waals surface area contributed by atoms with E-state index in [1.54, 1.807) is 6.07 Å². The van der Waals surface area contributed by atoms with Gasteiger partial charge in [0.2, 0.25) is 0 Å². The van der Waals surface area contributed by atoms with Crippen molar-refractivity contribution >= 4 is 33.2 Å². The summed E-state index contributed by atoms with van der Waals surface area (Å²) in [6.45, 7) is 2.66. The van der Waals surface area contributed by atoms with Gasteiger partial charge in [0.1, 0.15) is 12.4 Å². The number of rotatable bonds is 5. The van der Waals surface area contributed by atoms with Crippen molar-refractivity contribution in [1.29, 1.82) is 0 Å². The first kappa shape index (κ1) is 13.9. The van der Waals surface area contributed by atoms with E-state index >= 15 is 0 Å². The van der Waals surface area contributed by atoms with Gasteiger partial charge in [-0.05, 0) is 18.6 Å². The summed E-state index contributed by atoms with van der Waals surface area (Å²) in [6.07, 6.45) is 0.915. The Balaban J connectivity index is 2.20. The smallest absolute Gasteiger partial charge is 0.262 e. The zero-order valence-corrected chi connectivity index (χ0v) is 12.2. The fourth-order valence-corrected chi connectivity index (χ4v) is 2.05. The number of alkyl halides is 1. The van der Waals surface area contributed by atoms with Crippen molar-refractivity contribution in [2.24, 2.45) is 5.16 Å². The molecule has 1 aliphatic rings. The lowest BCUT2D eigenvalue weighted by atomic mass is 10.1. The number of benzene rings is 1. The highest BCUT2D eigenvalue weighted by atomic mass is 79.9. The van der Waals surface area contributed by atoms with Gasteiger partial charge in [-0.3, -0.25) is 4.79 Å². The molecule has 0 unspecified atom stereocenters. The molecular weight excluding hydrogens is 312 g/mol. The lowest BCUT2D eigenvalue weighted by Crippen LogP contribution is -2.25. The molecule has 19 heavy (non-hydrogen) atoms. The van der Waals surface area contributed by atoms with Gasteiger partial charge in [0.25, 0.3) is 5.91 Å². The quantitative estimate of drug-likeness (QED) is 0.391. The van der Waals surface area contributed by atoms with E-state index in [1.165, 1.54) is 0 Å². The largest absolute Gasteiger partial charge is 0.482 e. The van der Waals surface area contributed by atoms with Crippen LogP contribution in [0.3, 0.4) is 0 Å². The normalized spacial score (nSPS) is 14.4. The highest BCUT2D eigenvalue weighted by Gasteiger charge is 2.17. The Morgan fingerprint density at radius 1 is 1.58 bits per heavy atom. The van der Waals surface area contributed by atoms with E-state index < -0.39 is 0 Å². The van der Waals surface area contributed by atoms with Crippen LogP contribution in [-0.4, -0.2) is 30.2 Å². The molecule has 1 heterocycles. The van der Waals surface area contributed by atoms with Gasteiger partial charge < -0.3 is 14.9 Å². The lowest BCUT2D eigenvalue weighted by Gasteiger charge is -2.18. The number of oxime groups is 1. The third-order valence-corrected chi connectivity index (χ3v) is 3.08. The molecule has 1 N–H and O–H groups in total. The van der Waals surface area contributed by atoms with Crippen molar-refractivity contribution in [1.82, 2.24) is 0 Å². The topological polar surface area (TPSA) is 59.9 Å². The standard InChI is InChI=1S/C13H15BrN2O3/c1-2-5-19-16-11(7-14)9-3-4-10-12(6-9)18-8-13(17)15-10/h3-4,6H,2,5,7-8H2,1H3,(H,15,17). The molecule has 1 aromatic rings. The number of anilines is 1. The molecule has 0 saturated carbocycles. The number of nitrogens with one attached hydrogen (secondary N) is 1. The van der Waals surface area contributed by atoms with E-state index in [4.69, 9.17) is 9.57 Å². The highest BCUT2D eigenvalue weighted by Crippen LogP contribution is 2.28. The molecular formula is C13H15BrN2O3. The minimum absolute atomic E-state index is 0.0452. The fourth-order valence-electron chi connectivity index (χ4n) is 1.62. The van der Waals surface area contributed by atoms with Crippen molar-refractivity contribution in [2.75, 3.05) is 23.9 Å². The van der Waals surface area contributed by atoms with Crippen molar-refractivity contribution in [3.05, 3.63) is 23.8 Å². The Morgan fingerprint density at radius 3 is 3.16 bits per heavy atom. The number of ether oxygens (including phenoxy) is 1. The number of carbonyl (C=O) groups is 1. The summed E-state index contributed by atoms with van der Waals surface area (Å²) in [4.78, 5) is 16.4. The minimum atomic E-state index is -0.138. The summed E-state index contributed by atoms with van der Waals surface area (Å²) >= 11 is 3.39. The Bertz CT molecular complexity index is 503. The average Bonchev–Trinajstić information content (AvgIpc) is 2.43. The summed E-state index contributed by atoms with van der Waals surface area (Å²) in [5.41, 5.74) is 2.38.